The van der Waals surface area contributed by atoms with E-state index < -0.39 is 0 Å². The van der Waals surface area contributed by atoms with Crippen molar-refractivity contribution in [3.8, 4) is 62.1 Å². The van der Waals surface area contributed by atoms with E-state index in [0.29, 0.717) is 17.5 Å². The van der Waals surface area contributed by atoms with Gasteiger partial charge in [-0.3, -0.25) is 0 Å². The molecule has 11 aromatic rings. The van der Waals surface area contributed by atoms with E-state index in [0.717, 1.165) is 46.3 Å². The fourth-order valence-corrected chi connectivity index (χ4v) is 9.03. The molecule has 0 saturated carbocycles. The van der Waals surface area contributed by atoms with Crippen LogP contribution in [-0.4, -0.2) is 19.5 Å². The van der Waals surface area contributed by atoms with E-state index >= 15 is 0 Å². The van der Waals surface area contributed by atoms with Crippen LogP contribution in [-0.2, 0) is 12.8 Å². The quantitative estimate of drug-likeness (QED) is 0.146. The summed E-state index contributed by atoms with van der Waals surface area (Å²) in [6.45, 7) is 2.21. The third-order valence-corrected chi connectivity index (χ3v) is 12.2. The van der Waals surface area contributed by atoms with Crippen molar-refractivity contribution in [1.29, 1.82) is 0 Å². The number of fused-ring (bicyclic) bond motifs is 4. The zero-order valence-electron chi connectivity index (χ0n) is 34.4. The van der Waals surface area contributed by atoms with Gasteiger partial charge in [-0.15, -0.1) is 0 Å². The molecule has 0 spiro atoms. The van der Waals surface area contributed by atoms with Gasteiger partial charge in [-0.25, -0.2) is 15.0 Å². The third kappa shape index (κ3) is 6.92. The Labute approximate surface area is 361 Å². The number of hydrogen-bond acceptors (Lipinski definition) is 3. The number of rotatable bonds is 9. The normalized spacial score (nSPS) is 11.4. The molecule has 0 unspecified atom stereocenters. The average Bonchev–Trinajstić information content (AvgIpc) is 3.67. The fraction of sp³-hybridized carbons (Fsp3) is 0.0517. The SMILES string of the molecule is Cc1ccccc1-c1ccc(-c2ccc3c(c2)c2ccccc2n3-c2ccc(-c3nc(-c4ccccc4)nc(-c4ccccc4)n3)cc2)cc1CCc1cccc2ccccc12. The second-order valence-electron chi connectivity index (χ2n) is 16.0. The van der Waals surface area contributed by atoms with E-state index in [2.05, 4.69) is 163 Å². The molecule has 0 saturated heterocycles. The van der Waals surface area contributed by atoms with Crippen LogP contribution in [0.3, 0.4) is 0 Å². The van der Waals surface area contributed by atoms with Gasteiger partial charge in [0.25, 0.3) is 0 Å². The zero-order chi connectivity index (χ0) is 41.4. The Morgan fingerprint density at radius 1 is 0.355 bits per heavy atom. The summed E-state index contributed by atoms with van der Waals surface area (Å²) in [5.74, 6) is 1.94. The second kappa shape index (κ2) is 15.9. The highest BCUT2D eigenvalue weighted by Gasteiger charge is 2.17. The molecule has 0 atom stereocenters. The summed E-state index contributed by atoms with van der Waals surface area (Å²) >= 11 is 0. The molecule has 2 heterocycles. The Morgan fingerprint density at radius 3 is 1.61 bits per heavy atom. The molecule has 294 valence electrons. The lowest BCUT2D eigenvalue weighted by Gasteiger charge is -2.15. The minimum atomic E-state index is 0.640. The first-order chi connectivity index (χ1) is 30.6. The van der Waals surface area contributed by atoms with Crippen LogP contribution in [0.1, 0.15) is 16.7 Å². The Hall–Kier alpha value is -7.95. The predicted octanol–water partition coefficient (Wildman–Crippen LogP) is 14.6. The van der Waals surface area contributed by atoms with Gasteiger partial charge in [-0.1, -0.05) is 170 Å². The maximum atomic E-state index is 4.97. The summed E-state index contributed by atoms with van der Waals surface area (Å²) in [5, 5.41) is 5.07. The van der Waals surface area contributed by atoms with Crippen molar-refractivity contribution < 1.29 is 0 Å². The van der Waals surface area contributed by atoms with Crippen LogP contribution < -0.4 is 0 Å². The first-order valence-corrected chi connectivity index (χ1v) is 21.3. The zero-order valence-corrected chi connectivity index (χ0v) is 34.4. The topological polar surface area (TPSA) is 43.6 Å². The maximum absolute atomic E-state index is 4.97. The van der Waals surface area contributed by atoms with E-state index in [-0.39, 0.29) is 0 Å². The molecule has 0 aliphatic heterocycles. The van der Waals surface area contributed by atoms with Gasteiger partial charge < -0.3 is 4.57 Å². The highest BCUT2D eigenvalue weighted by Crippen LogP contribution is 2.38. The molecule has 0 bridgehead atoms. The lowest BCUT2D eigenvalue weighted by Crippen LogP contribution is -2.00. The largest absolute Gasteiger partial charge is 0.309 e. The van der Waals surface area contributed by atoms with Crippen LogP contribution in [0.15, 0.2) is 212 Å². The number of hydrogen-bond donors (Lipinski definition) is 0. The van der Waals surface area contributed by atoms with E-state index in [9.17, 15) is 0 Å². The summed E-state index contributed by atoms with van der Waals surface area (Å²) in [6, 6.07) is 75.7. The van der Waals surface area contributed by atoms with E-state index in [1.54, 1.807) is 0 Å². The molecular formula is C58H42N4. The summed E-state index contributed by atoms with van der Waals surface area (Å²) in [7, 11) is 0. The van der Waals surface area contributed by atoms with Crippen molar-refractivity contribution in [2.24, 2.45) is 0 Å². The summed E-state index contributed by atoms with van der Waals surface area (Å²) in [6.07, 6.45) is 1.90. The van der Waals surface area contributed by atoms with Gasteiger partial charge in [0.2, 0.25) is 0 Å². The summed E-state index contributed by atoms with van der Waals surface area (Å²) < 4.78 is 2.37. The standard InChI is InChI=1S/C58H42N4/c1-39-15-8-10-23-49(39)51-35-31-45(37-47(51)28-27-41-22-14-21-40-16-9-11-24-50(40)41)46-32-36-55-53(38-46)52-25-12-13-26-54(52)62(55)48-33-29-44(30-34-48)58-60-56(42-17-4-2-5-18-42)59-57(61-58)43-19-6-3-7-20-43/h2-26,29-38H,27-28H2,1H3. The van der Waals surface area contributed by atoms with Gasteiger partial charge >= 0.3 is 0 Å². The number of aryl methyl sites for hydroxylation is 3. The molecule has 9 aromatic carbocycles. The Morgan fingerprint density at radius 2 is 0.887 bits per heavy atom. The number of para-hydroxylation sites is 1. The van der Waals surface area contributed by atoms with E-state index in [1.165, 1.54) is 60.5 Å². The molecule has 0 aliphatic carbocycles. The van der Waals surface area contributed by atoms with Crippen LogP contribution in [0.2, 0.25) is 0 Å². The van der Waals surface area contributed by atoms with Crippen molar-refractivity contribution >= 4 is 32.6 Å². The van der Waals surface area contributed by atoms with Crippen LogP contribution in [0.25, 0.3) is 94.7 Å². The molecule has 4 heteroatoms. The summed E-state index contributed by atoms with van der Waals surface area (Å²) in [5.41, 5.74) is 15.3. The highest BCUT2D eigenvalue weighted by atomic mass is 15.0. The van der Waals surface area contributed by atoms with Gasteiger partial charge in [0, 0.05) is 33.2 Å². The van der Waals surface area contributed by atoms with Crippen LogP contribution >= 0.6 is 0 Å². The van der Waals surface area contributed by atoms with Crippen LogP contribution in [0.4, 0.5) is 0 Å². The van der Waals surface area contributed by atoms with Crippen LogP contribution in [0.5, 0.6) is 0 Å². The lowest BCUT2D eigenvalue weighted by atomic mass is 9.89. The van der Waals surface area contributed by atoms with Gasteiger partial charge in [-0.2, -0.15) is 0 Å². The van der Waals surface area contributed by atoms with Gasteiger partial charge in [-0.05, 0) is 112 Å². The molecular weight excluding hydrogens is 753 g/mol. The Balaban J connectivity index is 0.973. The monoisotopic (exact) mass is 794 g/mol. The van der Waals surface area contributed by atoms with Gasteiger partial charge in [0.05, 0.1) is 11.0 Å². The van der Waals surface area contributed by atoms with E-state index in [1.807, 2.05) is 60.7 Å². The lowest BCUT2D eigenvalue weighted by molar-refractivity contribution is 0.971. The Bertz CT molecular complexity index is 3340. The first kappa shape index (κ1) is 37.1. The maximum Gasteiger partial charge on any atom is 0.164 e. The molecule has 0 N–H and O–H groups in total. The van der Waals surface area contributed by atoms with Crippen molar-refractivity contribution in [2.75, 3.05) is 0 Å². The van der Waals surface area contributed by atoms with Gasteiger partial charge in [0.1, 0.15) is 0 Å². The van der Waals surface area contributed by atoms with E-state index in [4.69, 9.17) is 15.0 Å². The fourth-order valence-electron chi connectivity index (χ4n) is 9.03. The van der Waals surface area contributed by atoms with Crippen molar-refractivity contribution in [3.63, 3.8) is 0 Å². The predicted molar refractivity (Wildman–Crippen MR) is 257 cm³/mol. The smallest absolute Gasteiger partial charge is 0.164 e. The third-order valence-electron chi connectivity index (χ3n) is 12.2. The minimum Gasteiger partial charge on any atom is -0.309 e. The molecule has 0 amide bonds. The molecule has 11 rings (SSSR count). The van der Waals surface area contributed by atoms with Gasteiger partial charge in [0.15, 0.2) is 17.5 Å². The highest BCUT2D eigenvalue weighted by molar-refractivity contribution is 6.10. The molecule has 0 radical (unpaired) electrons. The van der Waals surface area contributed by atoms with Crippen LogP contribution in [0, 0.1) is 6.92 Å². The molecule has 2 aromatic heterocycles. The molecule has 0 aliphatic rings. The molecule has 62 heavy (non-hydrogen) atoms. The Kier molecular flexibility index (Phi) is 9.51. The summed E-state index contributed by atoms with van der Waals surface area (Å²) in [4.78, 5) is 14.8. The first-order valence-electron chi connectivity index (χ1n) is 21.3. The molecule has 4 nitrogen and oxygen atoms in total. The average molecular weight is 795 g/mol. The molecule has 0 fully saturated rings. The minimum absolute atomic E-state index is 0.640. The van der Waals surface area contributed by atoms with Crippen molar-refractivity contribution in [3.05, 3.63) is 229 Å². The van der Waals surface area contributed by atoms with Crippen molar-refractivity contribution in [2.45, 2.75) is 19.8 Å². The number of benzene rings is 9. The van der Waals surface area contributed by atoms with Crippen molar-refractivity contribution in [1.82, 2.24) is 19.5 Å². The number of aromatic nitrogens is 4. The second-order valence-corrected chi connectivity index (χ2v) is 16.0. The number of nitrogens with zero attached hydrogens (tertiary/aromatic N) is 4.